The summed E-state index contributed by atoms with van der Waals surface area (Å²) in [5.74, 6) is 0.347. The Hall–Kier alpha value is -0.960. The predicted molar refractivity (Wildman–Crippen MR) is 90.3 cm³/mol. The van der Waals surface area contributed by atoms with E-state index in [1.807, 2.05) is 12.1 Å². The summed E-state index contributed by atoms with van der Waals surface area (Å²) in [5, 5.41) is 0. The first-order chi connectivity index (χ1) is 10.6. The average molecular weight is 361 g/mol. The molecule has 6 nitrogen and oxygen atoms in total. The fraction of sp³-hybridized carbons (Fsp3) is 0.600. The summed E-state index contributed by atoms with van der Waals surface area (Å²) >= 11 is 0. The molecule has 0 bridgehead atoms. The van der Waals surface area contributed by atoms with Crippen molar-refractivity contribution in [2.45, 2.75) is 43.5 Å². The standard InChI is InChI=1S/C15H24N2O4S2/c1-12(2)13-4-6-15(7-5-13)23(20,21)16-14-8-10-17(11-9-14)22(3,18)19/h4-7,12,14,16H,8-11H2,1-3H3. The van der Waals surface area contributed by atoms with Crippen molar-refractivity contribution in [3.63, 3.8) is 0 Å². The van der Waals surface area contributed by atoms with Crippen molar-refractivity contribution >= 4 is 20.0 Å². The first-order valence-corrected chi connectivity index (χ1v) is 11.0. The SMILES string of the molecule is CC(C)c1ccc(S(=O)(=O)NC2CCN(S(C)(=O)=O)CC2)cc1. The van der Waals surface area contributed by atoms with Gasteiger partial charge in [-0.25, -0.2) is 25.9 Å². The first kappa shape index (κ1) is 18.4. The minimum Gasteiger partial charge on any atom is -0.213 e. The molecule has 1 N–H and O–H groups in total. The molecule has 0 spiro atoms. The number of sulfonamides is 2. The average Bonchev–Trinajstić information content (AvgIpc) is 2.46. The van der Waals surface area contributed by atoms with Crippen molar-refractivity contribution in [2.24, 2.45) is 0 Å². The zero-order chi connectivity index (χ0) is 17.3. The molecule has 1 aromatic rings. The van der Waals surface area contributed by atoms with Gasteiger partial charge in [-0.2, -0.15) is 0 Å². The van der Waals surface area contributed by atoms with Gasteiger partial charge in [0.1, 0.15) is 0 Å². The Morgan fingerprint density at radius 2 is 1.57 bits per heavy atom. The Morgan fingerprint density at radius 1 is 1.04 bits per heavy atom. The van der Waals surface area contributed by atoms with Crippen LogP contribution >= 0.6 is 0 Å². The van der Waals surface area contributed by atoms with Crippen LogP contribution in [0.1, 0.15) is 38.2 Å². The summed E-state index contributed by atoms with van der Waals surface area (Å²) in [6, 6.07) is 6.65. The summed E-state index contributed by atoms with van der Waals surface area (Å²) in [4.78, 5) is 0.243. The van der Waals surface area contributed by atoms with E-state index < -0.39 is 20.0 Å². The Balaban J connectivity index is 2.02. The molecule has 0 aromatic heterocycles. The number of piperidine rings is 1. The quantitative estimate of drug-likeness (QED) is 0.863. The molecule has 2 rings (SSSR count). The van der Waals surface area contributed by atoms with Crippen molar-refractivity contribution in [3.8, 4) is 0 Å². The highest BCUT2D eigenvalue weighted by molar-refractivity contribution is 7.89. The molecule has 0 radical (unpaired) electrons. The van der Waals surface area contributed by atoms with E-state index in [0.29, 0.717) is 31.8 Å². The van der Waals surface area contributed by atoms with Gasteiger partial charge in [-0.05, 0) is 36.5 Å². The molecule has 23 heavy (non-hydrogen) atoms. The summed E-state index contributed by atoms with van der Waals surface area (Å²) in [6.07, 6.45) is 2.14. The van der Waals surface area contributed by atoms with Crippen molar-refractivity contribution < 1.29 is 16.8 Å². The topological polar surface area (TPSA) is 83.6 Å². The van der Waals surface area contributed by atoms with Crippen LogP contribution in [0.4, 0.5) is 0 Å². The van der Waals surface area contributed by atoms with Crippen LogP contribution in [0, 0.1) is 0 Å². The summed E-state index contributed by atoms with van der Waals surface area (Å²) in [5.41, 5.74) is 1.09. The minimum atomic E-state index is -3.57. The van der Waals surface area contributed by atoms with Gasteiger partial charge in [-0.1, -0.05) is 26.0 Å². The smallest absolute Gasteiger partial charge is 0.213 e. The van der Waals surface area contributed by atoms with E-state index in [9.17, 15) is 16.8 Å². The fourth-order valence-electron chi connectivity index (χ4n) is 2.62. The third-order valence-corrected chi connectivity index (χ3v) is 6.94. The number of nitrogens with one attached hydrogen (secondary N) is 1. The molecule has 0 unspecified atom stereocenters. The molecule has 0 saturated carbocycles. The van der Waals surface area contributed by atoms with E-state index in [1.54, 1.807) is 12.1 Å². The molecule has 1 saturated heterocycles. The van der Waals surface area contributed by atoms with Gasteiger partial charge in [-0.15, -0.1) is 0 Å². The maximum Gasteiger partial charge on any atom is 0.240 e. The maximum atomic E-state index is 12.4. The first-order valence-electron chi connectivity index (χ1n) is 7.67. The fourth-order valence-corrected chi connectivity index (χ4v) is 4.80. The molecule has 1 heterocycles. The van der Waals surface area contributed by atoms with Crippen molar-refractivity contribution in [3.05, 3.63) is 29.8 Å². The van der Waals surface area contributed by atoms with Gasteiger partial charge in [-0.3, -0.25) is 0 Å². The molecule has 1 fully saturated rings. The van der Waals surface area contributed by atoms with E-state index >= 15 is 0 Å². The van der Waals surface area contributed by atoms with Gasteiger partial charge in [0, 0.05) is 19.1 Å². The van der Waals surface area contributed by atoms with E-state index in [0.717, 1.165) is 5.56 Å². The summed E-state index contributed by atoms with van der Waals surface area (Å²) in [6.45, 7) is 4.80. The van der Waals surface area contributed by atoms with Crippen molar-refractivity contribution in [1.82, 2.24) is 9.03 Å². The third-order valence-electron chi connectivity index (χ3n) is 4.10. The highest BCUT2D eigenvalue weighted by Gasteiger charge is 2.28. The zero-order valence-electron chi connectivity index (χ0n) is 13.7. The number of rotatable bonds is 5. The molecule has 0 atom stereocenters. The van der Waals surface area contributed by atoms with Gasteiger partial charge in [0.05, 0.1) is 11.2 Å². The Bertz CT molecular complexity index is 732. The van der Waals surface area contributed by atoms with Crippen LogP contribution in [0.25, 0.3) is 0 Å². The van der Waals surface area contributed by atoms with E-state index in [4.69, 9.17) is 0 Å². The van der Waals surface area contributed by atoms with Crippen LogP contribution in [0.15, 0.2) is 29.2 Å². The molecule has 0 aliphatic carbocycles. The molecular formula is C15H24N2O4S2. The van der Waals surface area contributed by atoms with Gasteiger partial charge in [0.2, 0.25) is 20.0 Å². The summed E-state index contributed by atoms with van der Waals surface area (Å²) in [7, 11) is -6.78. The lowest BCUT2D eigenvalue weighted by Crippen LogP contribution is -2.46. The Morgan fingerprint density at radius 3 is 2.00 bits per heavy atom. The van der Waals surface area contributed by atoms with Gasteiger partial charge >= 0.3 is 0 Å². The van der Waals surface area contributed by atoms with E-state index in [1.165, 1.54) is 10.6 Å². The van der Waals surface area contributed by atoms with Gasteiger partial charge in [0.15, 0.2) is 0 Å². The molecule has 1 aromatic carbocycles. The van der Waals surface area contributed by atoms with Crippen LogP contribution in [0.2, 0.25) is 0 Å². The lowest BCUT2D eigenvalue weighted by molar-refractivity contribution is 0.310. The van der Waals surface area contributed by atoms with Crippen molar-refractivity contribution in [2.75, 3.05) is 19.3 Å². The number of nitrogens with zero attached hydrogens (tertiary/aromatic N) is 1. The molecular weight excluding hydrogens is 336 g/mol. The van der Waals surface area contributed by atoms with Crippen LogP contribution in [0.3, 0.4) is 0 Å². The van der Waals surface area contributed by atoms with E-state index in [2.05, 4.69) is 18.6 Å². The van der Waals surface area contributed by atoms with Crippen LogP contribution in [-0.4, -0.2) is 46.5 Å². The van der Waals surface area contributed by atoms with Gasteiger partial charge in [0.25, 0.3) is 0 Å². The Kier molecular flexibility index (Phi) is 5.50. The normalized spacial score (nSPS) is 18.4. The van der Waals surface area contributed by atoms with Crippen molar-refractivity contribution in [1.29, 1.82) is 0 Å². The number of hydrogen-bond acceptors (Lipinski definition) is 4. The Labute approximate surface area is 139 Å². The predicted octanol–water partition coefficient (Wildman–Crippen LogP) is 1.51. The van der Waals surface area contributed by atoms with Gasteiger partial charge < -0.3 is 0 Å². The second kappa shape index (κ2) is 6.88. The number of hydrogen-bond donors (Lipinski definition) is 1. The zero-order valence-corrected chi connectivity index (χ0v) is 15.3. The van der Waals surface area contributed by atoms with Crippen LogP contribution in [-0.2, 0) is 20.0 Å². The lowest BCUT2D eigenvalue weighted by Gasteiger charge is -2.30. The second-order valence-corrected chi connectivity index (χ2v) is 9.98. The molecule has 0 amide bonds. The van der Waals surface area contributed by atoms with Crippen LogP contribution in [0.5, 0.6) is 0 Å². The molecule has 1 aliphatic heterocycles. The third kappa shape index (κ3) is 4.76. The maximum absolute atomic E-state index is 12.4. The molecule has 130 valence electrons. The monoisotopic (exact) mass is 360 g/mol. The number of benzene rings is 1. The lowest BCUT2D eigenvalue weighted by atomic mass is 10.0. The largest absolute Gasteiger partial charge is 0.240 e. The van der Waals surface area contributed by atoms with Crippen LogP contribution < -0.4 is 4.72 Å². The second-order valence-electron chi connectivity index (χ2n) is 6.28. The molecule has 1 aliphatic rings. The summed E-state index contributed by atoms with van der Waals surface area (Å²) < 4.78 is 51.8. The minimum absolute atomic E-state index is 0.234. The van der Waals surface area contributed by atoms with E-state index in [-0.39, 0.29) is 10.9 Å². The highest BCUT2D eigenvalue weighted by atomic mass is 32.2. The molecule has 8 heteroatoms. The highest BCUT2D eigenvalue weighted by Crippen LogP contribution is 2.19.